The summed E-state index contributed by atoms with van der Waals surface area (Å²) in [6, 6.07) is 2.16. The Morgan fingerprint density at radius 3 is 2.32 bits per heavy atom. The molecule has 0 unspecified atom stereocenters. The molecular weight excluding hydrogens is 456 g/mol. The number of rotatable bonds is 3. The third-order valence-corrected chi connectivity index (χ3v) is 6.74. The quantitative estimate of drug-likeness (QED) is 0.166. The van der Waals surface area contributed by atoms with Crippen LogP contribution in [0.15, 0.2) is 29.0 Å². The summed E-state index contributed by atoms with van der Waals surface area (Å²) in [5, 5.41) is 73.0. The summed E-state index contributed by atoms with van der Waals surface area (Å²) in [6.45, 7) is 0.213. The van der Waals surface area contributed by atoms with Crippen molar-refractivity contribution in [3.05, 3.63) is 40.2 Å². The van der Waals surface area contributed by atoms with Gasteiger partial charge in [-0.15, -0.1) is 0 Å². The maximum atomic E-state index is 13.5. The van der Waals surface area contributed by atoms with Gasteiger partial charge in [-0.1, -0.05) is 6.92 Å². The number of carbonyl (C=O) groups is 4. The number of phenolic OH excluding ortho intramolecular Hbond substituents is 1. The van der Waals surface area contributed by atoms with Crippen molar-refractivity contribution in [2.75, 3.05) is 6.61 Å². The molecule has 4 rings (SSSR count). The summed E-state index contributed by atoms with van der Waals surface area (Å²) in [7, 11) is 0. The average molecular weight is 476 g/mol. The second-order valence-corrected chi connectivity index (χ2v) is 8.91. The predicted octanol–water partition coefficient (Wildman–Crippen LogP) is -0.574. The second kappa shape index (κ2) is 7.13. The van der Waals surface area contributed by atoms with Crippen LogP contribution in [-0.2, 0) is 25.6 Å². The van der Waals surface area contributed by atoms with Gasteiger partial charge in [-0.25, -0.2) is 9.59 Å². The van der Waals surface area contributed by atoms with Crippen molar-refractivity contribution in [1.29, 1.82) is 0 Å². The van der Waals surface area contributed by atoms with E-state index in [1.165, 1.54) is 6.92 Å². The molecule has 1 aromatic rings. The van der Waals surface area contributed by atoms with Crippen molar-refractivity contribution in [2.45, 2.75) is 37.4 Å². The molecule has 0 heterocycles. The molecule has 0 aromatic heterocycles. The highest BCUT2D eigenvalue weighted by molar-refractivity contribution is 6.22. The minimum Gasteiger partial charge on any atom is -0.508 e. The van der Waals surface area contributed by atoms with Crippen LogP contribution in [0.1, 0.15) is 30.9 Å². The SMILES string of the molecule is C[C@@]12CC(=O)C(C(=O)O)=C(O)[C@]1(O)C(=O)C1=C(O)c3c(O)ccc(OC(=O)CO)c3C[C@]1(O)C2. The first-order valence-electron chi connectivity index (χ1n) is 10.0. The lowest BCUT2D eigenvalue weighted by Gasteiger charge is -2.55. The van der Waals surface area contributed by atoms with E-state index in [4.69, 9.17) is 9.84 Å². The molecule has 0 amide bonds. The Labute approximate surface area is 190 Å². The lowest BCUT2D eigenvalue weighted by molar-refractivity contribution is -0.172. The average Bonchev–Trinajstić information content (AvgIpc) is 2.72. The number of aliphatic hydroxyl groups is 5. The van der Waals surface area contributed by atoms with Gasteiger partial charge in [0.05, 0.1) is 11.1 Å². The number of ketones is 2. The lowest BCUT2D eigenvalue weighted by atomic mass is 9.50. The summed E-state index contributed by atoms with van der Waals surface area (Å²) in [4.78, 5) is 49.1. The molecule has 0 radical (unpaired) electrons. The minimum absolute atomic E-state index is 0.0967. The molecule has 12 heteroatoms. The van der Waals surface area contributed by atoms with E-state index < -0.39 is 100.0 Å². The van der Waals surface area contributed by atoms with Crippen LogP contribution in [0, 0.1) is 5.41 Å². The number of benzene rings is 1. The van der Waals surface area contributed by atoms with Gasteiger partial charge in [-0.05, 0) is 18.6 Å². The standard InChI is InChI=1S/C22H20O12/c1-20-5-10(25)14(19(30)31)17(28)22(20,33)18(29)15-16(27)13-8(4-21(15,32)7-20)11(3-2-9(13)24)34-12(26)6-23/h2-3,23-24,27-28,32-33H,4-7H2,1H3,(H,30,31)/t20-,21-,22-/m0/s1. The molecule has 180 valence electrons. The fourth-order valence-corrected chi connectivity index (χ4v) is 5.29. The van der Waals surface area contributed by atoms with Crippen LogP contribution < -0.4 is 4.74 Å². The zero-order valence-corrected chi connectivity index (χ0v) is 17.7. The highest BCUT2D eigenvalue weighted by Crippen LogP contribution is 2.59. The molecule has 0 spiro atoms. The zero-order chi connectivity index (χ0) is 25.4. The van der Waals surface area contributed by atoms with Crippen molar-refractivity contribution in [2.24, 2.45) is 5.41 Å². The Balaban J connectivity index is 2.00. The van der Waals surface area contributed by atoms with Crippen LogP contribution in [0.4, 0.5) is 0 Å². The van der Waals surface area contributed by atoms with E-state index in [1.54, 1.807) is 0 Å². The van der Waals surface area contributed by atoms with Gasteiger partial charge in [0.25, 0.3) is 0 Å². The van der Waals surface area contributed by atoms with Crippen LogP contribution in [0.25, 0.3) is 5.76 Å². The van der Waals surface area contributed by atoms with Crippen LogP contribution in [0.3, 0.4) is 0 Å². The molecule has 12 nitrogen and oxygen atoms in total. The normalized spacial score (nSPS) is 30.5. The molecule has 0 bridgehead atoms. The maximum Gasteiger partial charge on any atom is 0.342 e. The van der Waals surface area contributed by atoms with Gasteiger partial charge in [0.15, 0.2) is 17.1 Å². The number of hydrogen-bond donors (Lipinski definition) is 7. The summed E-state index contributed by atoms with van der Waals surface area (Å²) in [5.74, 6) is -8.69. The lowest BCUT2D eigenvalue weighted by Crippen LogP contribution is -2.67. The first-order valence-corrected chi connectivity index (χ1v) is 10.0. The number of hydrogen-bond acceptors (Lipinski definition) is 11. The second-order valence-electron chi connectivity index (χ2n) is 8.91. The number of ether oxygens (including phenoxy) is 1. The van der Waals surface area contributed by atoms with E-state index >= 15 is 0 Å². The van der Waals surface area contributed by atoms with Crippen LogP contribution in [0.5, 0.6) is 11.5 Å². The van der Waals surface area contributed by atoms with Crippen molar-refractivity contribution in [1.82, 2.24) is 0 Å². The van der Waals surface area contributed by atoms with Gasteiger partial charge in [-0.3, -0.25) is 9.59 Å². The monoisotopic (exact) mass is 476 g/mol. The zero-order valence-electron chi connectivity index (χ0n) is 17.7. The van der Waals surface area contributed by atoms with Gasteiger partial charge in [0.1, 0.15) is 35.0 Å². The van der Waals surface area contributed by atoms with E-state index in [0.717, 1.165) is 12.1 Å². The Hall–Kier alpha value is -3.74. The number of Topliss-reactive ketones (excluding diaryl/α,β-unsaturated/α-hetero) is 2. The Morgan fingerprint density at radius 2 is 1.74 bits per heavy atom. The van der Waals surface area contributed by atoms with Gasteiger partial charge in [-0.2, -0.15) is 0 Å². The summed E-state index contributed by atoms with van der Waals surface area (Å²) >= 11 is 0. The Bertz CT molecular complexity index is 1260. The fraction of sp³-hybridized carbons (Fsp3) is 0.364. The largest absolute Gasteiger partial charge is 0.508 e. The molecule has 34 heavy (non-hydrogen) atoms. The van der Waals surface area contributed by atoms with Gasteiger partial charge in [0, 0.05) is 23.8 Å². The number of carboxylic acid groups (broad SMARTS) is 1. The van der Waals surface area contributed by atoms with Crippen LogP contribution in [-0.4, -0.2) is 77.1 Å². The third kappa shape index (κ3) is 2.82. The topological polar surface area (TPSA) is 219 Å². The molecule has 1 saturated carbocycles. The van der Waals surface area contributed by atoms with Crippen molar-refractivity contribution < 1.29 is 59.7 Å². The first-order chi connectivity index (χ1) is 15.7. The number of esters is 1. The van der Waals surface area contributed by atoms with Crippen LogP contribution in [0.2, 0.25) is 0 Å². The Kier molecular flexibility index (Phi) is 4.91. The van der Waals surface area contributed by atoms with Crippen molar-refractivity contribution in [3.63, 3.8) is 0 Å². The molecule has 0 saturated heterocycles. The molecule has 1 fully saturated rings. The van der Waals surface area contributed by atoms with E-state index in [0.29, 0.717) is 0 Å². The number of carbonyl (C=O) groups excluding carboxylic acids is 3. The van der Waals surface area contributed by atoms with E-state index in [-0.39, 0.29) is 11.3 Å². The number of phenols is 1. The molecule has 3 atom stereocenters. The fourth-order valence-electron chi connectivity index (χ4n) is 5.29. The summed E-state index contributed by atoms with van der Waals surface area (Å²) in [6.07, 6.45) is -1.87. The maximum absolute atomic E-state index is 13.5. The van der Waals surface area contributed by atoms with Gasteiger partial charge in [0.2, 0.25) is 5.78 Å². The molecule has 1 aromatic carbocycles. The highest BCUT2D eigenvalue weighted by atomic mass is 16.5. The molecular formula is C22H20O12. The Morgan fingerprint density at radius 1 is 1.09 bits per heavy atom. The molecule has 3 aliphatic carbocycles. The molecule has 3 aliphatic rings. The molecule has 7 N–H and O–H groups in total. The predicted molar refractivity (Wildman–Crippen MR) is 109 cm³/mol. The number of aliphatic carboxylic acids is 1. The minimum atomic E-state index is -2.97. The number of carboxylic acids is 1. The van der Waals surface area contributed by atoms with Crippen molar-refractivity contribution >= 4 is 29.3 Å². The van der Waals surface area contributed by atoms with E-state index in [9.17, 15) is 49.8 Å². The third-order valence-electron chi connectivity index (χ3n) is 6.74. The van der Waals surface area contributed by atoms with Gasteiger partial charge < -0.3 is 40.5 Å². The highest BCUT2D eigenvalue weighted by Gasteiger charge is 2.70. The summed E-state index contributed by atoms with van der Waals surface area (Å²) < 4.78 is 5.00. The number of aromatic hydroxyl groups is 1. The molecule has 0 aliphatic heterocycles. The van der Waals surface area contributed by atoms with Crippen LogP contribution >= 0.6 is 0 Å². The summed E-state index contributed by atoms with van der Waals surface area (Å²) in [5.41, 5.74) is -9.64. The number of fused-ring (bicyclic) bond motifs is 3. The number of aliphatic hydroxyl groups excluding tert-OH is 3. The van der Waals surface area contributed by atoms with Gasteiger partial charge >= 0.3 is 11.9 Å². The van der Waals surface area contributed by atoms with Crippen molar-refractivity contribution in [3.8, 4) is 11.5 Å². The first kappa shape index (κ1) is 23.4. The van der Waals surface area contributed by atoms with E-state index in [2.05, 4.69) is 0 Å². The smallest absolute Gasteiger partial charge is 0.342 e. The van der Waals surface area contributed by atoms with E-state index in [1.807, 2.05) is 0 Å².